The van der Waals surface area contributed by atoms with Crippen molar-refractivity contribution in [2.75, 3.05) is 18.2 Å². The Morgan fingerprint density at radius 2 is 1.88 bits per heavy atom. The van der Waals surface area contributed by atoms with Crippen LogP contribution in [0.15, 0.2) is 18.2 Å². The highest BCUT2D eigenvalue weighted by molar-refractivity contribution is 6.32. The molecule has 24 heavy (non-hydrogen) atoms. The lowest BCUT2D eigenvalue weighted by Crippen LogP contribution is -2.20. The van der Waals surface area contributed by atoms with Gasteiger partial charge in [0.15, 0.2) is 5.82 Å². The van der Waals surface area contributed by atoms with Crippen LogP contribution in [-0.2, 0) is 0 Å². The Labute approximate surface area is 146 Å². The number of aromatic nitrogens is 3. The molecular weight excluding hydrogens is 326 g/mol. The van der Waals surface area contributed by atoms with Gasteiger partial charge < -0.3 is 15.8 Å². The molecule has 0 spiro atoms. The Kier molecular flexibility index (Phi) is 5.35. The normalized spacial score (nSPS) is 15.8. The zero-order valence-corrected chi connectivity index (χ0v) is 14.5. The summed E-state index contributed by atoms with van der Waals surface area (Å²) in [5.74, 6) is 1.84. The molecule has 3 N–H and O–H groups in total. The van der Waals surface area contributed by atoms with Crippen molar-refractivity contribution in [1.29, 1.82) is 0 Å². The number of hydrogen-bond donors (Lipinski definition) is 2. The predicted octanol–water partition coefficient (Wildman–Crippen LogP) is 3.92. The average Bonchev–Trinajstić information content (AvgIpc) is 2.83. The highest BCUT2D eigenvalue weighted by atomic mass is 35.5. The van der Waals surface area contributed by atoms with Crippen LogP contribution in [0.25, 0.3) is 11.4 Å². The molecule has 7 heteroatoms. The molecule has 1 aromatic heterocycles. The fraction of sp³-hybridized carbons (Fsp3) is 0.471. The lowest BCUT2D eigenvalue weighted by molar-refractivity contribution is 0.415. The number of nitrogen functional groups attached to an aromatic ring is 1. The summed E-state index contributed by atoms with van der Waals surface area (Å²) in [6.45, 7) is 0. The maximum Gasteiger partial charge on any atom is 0.228 e. The summed E-state index contributed by atoms with van der Waals surface area (Å²) in [6.07, 6.45) is 7.34. The number of nitrogens with one attached hydrogen (secondary N) is 1. The van der Waals surface area contributed by atoms with Crippen molar-refractivity contribution in [3.8, 4) is 17.1 Å². The van der Waals surface area contributed by atoms with Crippen molar-refractivity contribution in [2.45, 2.75) is 44.6 Å². The van der Waals surface area contributed by atoms with E-state index in [0.29, 0.717) is 28.6 Å². The summed E-state index contributed by atoms with van der Waals surface area (Å²) in [4.78, 5) is 13.0. The molecule has 128 valence electrons. The molecule has 0 aliphatic heterocycles. The van der Waals surface area contributed by atoms with Crippen LogP contribution in [-0.4, -0.2) is 28.1 Å². The zero-order valence-electron chi connectivity index (χ0n) is 13.8. The molecule has 1 aliphatic rings. The molecule has 0 amide bonds. The van der Waals surface area contributed by atoms with E-state index in [0.717, 1.165) is 18.4 Å². The molecule has 0 atom stereocenters. The monoisotopic (exact) mass is 347 g/mol. The van der Waals surface area contributed by atoms with Crippen LogP contribution in [0.5, 0.6) is 5.75 Å². The number of benzene rings is 1. The third kappa shape index (κ3) is 4.06. The smallest absolute Gasteiger partial charge is 0.228 e. The van der Waals surface area contributed by atoms with E-state index in [1.54, 1.807) is 19.2 Å². The van der Waals surface area contributed by atoms with E-state index < -0.39 is 0 Å². The first-order valence-corrected chi connectivity index (χ1v) is 8.65. The van der Waals surface area contributed by atoms with Crippen LogP contribution in [0.1, 0.15) is 38.5 Å². The minimum atomic E-state index is 0.197. The van der Waals surface area contributed by atoms with Crippen LogP contribution in [0, 0.1) is 0 Å². The number of rotatable bonds is 4. The third-order valence-corrected chi connectivity index (χ3v) is 4.55. The molecular formula is C17H22ClN5O. The van der Waals surface area contributed by atoms with Gasteiger partial charge in [0, 0.05) is 11.6 Å². The second kappa shape index (κ2) is 7.66. The fourth-order valence-electron chi connectivity index (χ4n) is 3.00. The molecule has 1 saturated carbocycles. The Morgan fingerprint density at radius 1 is 1.12 bits per heavy atom. The maximum absolute atomic E-state index is 6.19. The van der Waals surface area contributed by atoms with E-state index in [1.165, 1.54) is 25.7 Å². The first-order valence-electron chi connectivity index (χ1n) is 8.27. The molecule has 0 unspecified atom stereocenters. The van der Waals surface area contributed by atoms with E-state index in [-0.39, 0.29) is 5.95 Å². The van der Waals surface area contributed by atoms with Gasteiger partial charge in [0.05, 0.1) is 12.1 Å². The third-order valence-electron chi connectivity index (χ3n) is 4.25. The van der Waals surface area contributed by atoms with Crippen LogP contribution in [0.3, 0.4) is 0 Å². The van der Waals surface area contributed by atoms with Crippen molar-refractivity contribution >= 4 is 23.5 Å². The first kappa shape index (κ1) is 16.8. The molecule has 0 radical (unpaired) electrons. The summed E-state index contributed by atoms with van der Waals surface area (Å²) >= 11 is 6.19. The Morgan fingerprint density at radius 3 is 2.54 bits per heavy atom. The molecule has 0 bridgehead atoms. The lowest BCUT2D eigenvalue weighted by Gasteiger charge is -2.16. The fourth-order valence-corrected chi connectivity index (χ4v) is 3.26. The second-order valence-corrected chi connectivity index (χ2v) is 6.43. The van der Waals surface area contributed by atoms with Crippen molar-refractivity contribution in [1.82, 2.24) is 15.0 Å². The summed E-state index contributed by atoms with van der Waals surface area (Å²) in [7, 11) is 1.58. The number of nitrogens with zero attached hydrogens (tertiary/aromatic N) is 3. The number of nitrogens with two attached hydrogens (primary N) is 1. The number of hydrogen-bond acceptors (Lipinski definition) is 6. The van der Waals surface area contributed by atoms with E-state index in [9.17, 15) is 0 Å². The van der Waals surface area contributed by atoms with E-state index in [4.69, 9.17) is 22.1 Å². The molecule has 6 nitrogen and oxygen atoms in total. The van der Waals surface area contributed by atoms with Gasteiger partial charge in [-0.2, -0.15) is 15.0 Å². The molecule has 1 aliphatic carbocycles. The largest absolute Gasteiger partial charge is 0.495 e. The summed E-state index contributed by atoms with van der Waals surface area (Å²) in [5.41, 5.74) is 6.64. The van der Waals surface area contributed by atoms with Gasteiger partial charge in [0.2, 0.25) is 11.9 Å². The molecule has 2 aromatic rings. The van der Waals surface area contributed by atoms with Crippen LogP contribution in [0.4, 0.5) is 11.9 Å². The standard InChI is InChI=1S/C17H22ClN5O/c1-24-14-9-8-11(10-13(14)18)15-21-16(19)23-17(22-15)20-12-6-4-2-3-5-7-12/h8-10,12H,2-7H2,1H3,(H3,19,20,21,22,23). The lowest BCUT2D eigenvalue weighted by atomic mass is 10.1. The van der Waals surface area contributed by atoms with Gasteiger partial charge >= 0.3 is 0 Å². The highest BCUT2D eigenvalue weighted by Gasteiger charge is 2.15. The Balaban J connectivity index is 1.84. The minimum absolute atomic E-state index is 0.197. The van der Waals surface area contributed by atoms with Crippen molar-refractivity contribution < 1.29 is 4.74 Å². The van der Waals surface area contributed by atoms with E-state index in [1.807, 2.05) is 6.07 Å². The average molecular weight is 348 g/mol. The Hall–Kier alpha value is -2.08. The molecule has 0 saturated heterocycles. The topological polar surface area (TPSA) is 86.0 Å². The van der Waals surface area contributed by atoms with Crippen molar-refractivity contribution in [2.24, 2.45) is 0 Å². The Bertz CT molecular complexity index is 701. The number of ether oxygens (including phenoxy) is 1. The van der Waals surface area contributed by atoms with Crippen LogP contribution < -0.4 is 15.8 Å². The predicted molar refractivity (Wildman–Crippen MR) is 96.4 cm³/mol. The number of methoxy groups -OCH3 is 1. The van der Waals surface area contributed by atoms with Crippen LogP contribution in [0.2, 0.25) is 5.02 Å². The van der Waals surface area contributed by atoms with E-state index in [2.05, 4.69) is 20.3 Å². The van der Waals surface area contributed by atoms with Crippen molar-refractivity contribution in [3.05, 3.63) is 23.2 Å². The SMILES string of the molecule is COc1ccc(-c2nc(N)nc(NC3CCCCCC3)n2)cc1Cl. The highest BCUT2D eigenvalue weighted by Crippen LogP contribution is 2.29. The van der Waals surface area contributed by atoms with Crippen LogP contribution >= 0.6 is 11.6 Å². The summed E-state index contributed by atoms with van der Waals surface area (Å²) in [6, 6.07) is 5.80. The minimum Gasteiger partial charge on any atom is -0.495 e. The van der Waals surface area contributed by atoms with Gasteiger partial charge in [-0.1, -0.05) is 37.3 Å². The number of halogens is 1. The van der Waals surface area contributed by atoms with Gasteiger partial charge in [-0.3, -0.25) is 0 Å². The van der Waals surface area contributed by atoms with Gasteiger partial charge in [0.25, 0.3) is 0 Å². The van der Waals surface area contributed by atoms with Gasteiger partial charge in [-0.25, -0.2) is 0 Å². The quantitative estimate of drug-likeness (QED) is 0.815. The number of anilines is 2. The van der Waals surface area contributed by atoms with Crippen molar-refractivity contribution in [3.63, 3.8) is 0 Å². The molecule has 3 rings (SSSR count). The van der Waals surface area contributed by atoms with Gasteiger partial charge in [-0.15, -0.1) is 0 Å². The first-order chi connectivity index (χ1) is 11.7. The molecule has 1 aromatic carbocycles. The van der Waals surface area contributed by atoms with E-state index >= 15 is 0 Å². The van der Waals surface area contributed by atoms with Gasteiger partial charge in [0.1, 0.15) is 5.75 Å². The maximum atomic E-state index is 6.19. The summed E-state index contributed by atoms with van der Waals surface area (Å²) in [5, 5.41) is 3.92. The van der Waals surface area contributed by atoms with Gasteiger partial charge in [-0.05, 0) is 31.0 Å². The second-order valence-electron chi connectivity index (χ2n) is 6.02. The summed E-state index contributed by atoms with van der Waals surface area (Å²) < 4.78 is 5.17. The molecule has 1 fully saturated rings. The molecule has 1 heterocycles. The zero-order chi connectivity index (χ0) is 16.9.